The van der Waals surface area contributed by atoms with Gasteiger partial charge in [-0.2, -0.15) is 0 Å². The summed E-state index contributed by atoms with van der Waals surface area (Å²) in [6.45, 7) is 5.04. The van der Waals surface area contributed by atoms with Crippen LogP contribution in [0.4, 0.5) is 0 Å². The van der Waals surface area contributed by atoms with Crippen molar-refractivity contribution in [1.82, 2.24) is 20.3 Å². The third kappa shape index (κ3) is 4.54. The Hall–Kier alpha value is -1.53. The largest absolute Gasteiger partial charge is 0.492 e. The molecule has 0 aliphatic carbocycles. The van der Waals surface area contributed by atoms with E-state index in [1.165, 1.54) is 4.90 Å². The average Bonchev–Trinajstić information content (AvgIpc) is 2.94. The first-order valence-electron chi connectivity index (χ1n) is 6.68. The molecule has 0 aliphatic heterocycles. The third-order valence-corrected chi connectivity index (χ3v) is 3.53. The van der Waals surface area contributed by atoms with E-state index in [1.54, 1.807) is 11.8 Å². The molecule has 1 aromatic heterocycles. The van der Waals surface area contributed by atoms with Gasteiger partial charge in [0.15, 0.2) is 0 Å². The number of hydrogen-bond acceptors (Lipinski definition) is 5. The van der Waals surface area contributed by atoms with Gasteiger partial charge in [0.25, 0.3) is 0 Å². The van der Waals surface area contributed by atoms with Gasteiger partial charge >= 0.3 is 0 Å². The highest BCUT2D eigenvalue weighted by atomic mass is 32.2. The standard InChI is InChI=1S/C14H20N4OS/c1-3-15-10-12-11-18(17-16-12)8-9-19-13-4-6-14(20-2)7-5-13/h4-7,11,15H,3,8-10H2,1-2H3. The molecule has 0 saturated carbocycles. The van der Waals surface area contributed by atoms with Gasteiger partial charge in [-0.15, -0.1) is 16.9 Å². The van der Waals surface area contributed by atoms with Crippen molar-refractivity contribution in [1.29, 1.82) is 0 Å². The van der Waals surface area contributed by atoms with E-state index in [-0.39, 0.29) is 0 Å². The zero-order valence-corrected chi connectivity index (χ0v) is 12.7. The molecule has 0 spiro atoms. The molecule has 0 amide bonds. The number of benzene rings is 1. The number of nitrogens with zero attached hydrogens (tertiary/aromatic N) is 3. The van der Waals surface area contributed by atoms with Gasteiger partial charge in [0, 0.05) is 17.6 Å². The van der Waals surface area contributed by atoms with Crippen LogP contribution in [0.3, 0.4) is 0 Å². The summed E-state index contributed by atoms with van der Waals surface area (Å²) in [6, 6.07) is 8.10. The number of rotatable bonds is 8. The maximum Gasteiger partial charge on any atom is 0.119 e. The molecule has 0 bridgehead atoms. The first-order valence-corrected chi connectivity index (χ1v) is 7.91. The van der Waals surface area contributed by atoms with E-state index in [1.807, 2.05) is 23.0 Å². The second-order valence-corrected chi connectivity index (χ2v) is 5.16. The Kier molecular flexibility index (Phi) is 5.88. The summed E-state index contributed by atoms with van der Waals surface area (Å²) in [7, 11) is 0. The molecule has 0 atom stereocenters. The van der Waals surface area contributed by atoms with Crippen LogP contribution in [-0.4, -0.2) is 34.4 Å². The SMILES string of the molecule is CCNCc1cn(CCOc2ccc(SC)cc2)nn1. The van der Waals surface area contributed by atoms with Gasteiger partial charge in [-0.25, -0.2) is 4.68 Å². The zero-order valence-electron chi connectivity index (χ0n) is 11.9. The molecule has 0 aliphatic rings. The summed E-state index contributed by atoms with van der Waals surface area (Å²) in [5.41, 5.74) is 0.955. The average molecular weight is 292 g/mol. The molecule has 1 aromatic carbocycles. The molecule has 1 N–H and O–H groups in total. The minimum atomic E-state index is 0.586. The Morgan fingerprint density at radius 2 is 2.10 bits per heavy atom. The van der Waals surface area contributed by atoms with Gasteiger partial charge in [0.2, 0.25) is 0 Å². The van der Waals surface area contributed by atoms with Crippen LogP contribution in [0.1, 0.15) is 12.6 Å². The van der Waals surface area contributed by atoms with Crippen LogP contribution < -0.4 is 10.1 Å². The Bertz CT molecular complexity index is 512. The summed E-state index contributed by atoms with van der Waals surface area (Å²) in [5, 5.41) is 11.4. The van der Waals surface area contributed by atoms with E-state index in [0.29, 0.717) is 13.2 Å². The molecular formula is C14H20N4OS. The van der Waals surface area contributed by atoms with E-state index >= 15 is 0 Å². The zero-order chi connectivity index (χ0) is 14.2. The van der Waals surface area contributed by atoms with E-state index in [9.17, 15) is 0 Å². The lowest BCUT2D eigenvalue weighted by Crippen LogP contribution is -2.12. The topological polar surface area (TPSA) is 52.0 Å². The number of ether oxygens (including phenoxy) is 1. The summed E-state index contributed by atoms with van der Waals surface area (Å²) in [6.07, 6.45) is 4.01. The molecular weight excluding hydrogens is 272 g/mol. The molecule has 1 heterocycles. The van der Waals surface area contributed by atoms with Crippen LogP contribution in [-0.2, 0) is 13.1 Å². The smallest absolute Gasteiger partial charge is 0.119 e. The molecule has 2 aromatic rings. The Morgan fingerprint density at radius 3 is 2.80 bits per heavy atom. The van der Waals surface area contributed by atoms with Crippen molar-refractivity contribution < 1.29 is 4.74 Å². The first-order chi connectivity index (χ1) is 9.81. The number of nitrogens with one attached hydrogen (secondary N) is 1. The van der Waals surface area contributed by atoms with Crippen molar-refractivity contribution >= 4 is 11.8 Å². The fraction of sp³-hybridized carbons (Fsp3) is 0.429. The lowest BCUT2D eigenvalue weighted by Gasteiger charge is -2.06. The summed E-state index contributed by atoms with van der Waals surface area (Å²) in [4.78, 5) is 1.24. The van der Waals surface area contributed by atoms with Gasteiger partial charge in [-0.1, -0.05) is 12.1 Å². The fourth-order valence-electron chi connectivity index (χ4n) is 1.71. The van der Waals surface area contributed by atoms with E-state index in [2.05, 4.69) is 40.9 Å². The van der Waals surface area contributed by atoms with Gasteiger partial charge in [-0.05, 0) is 37.1 Å². The molecule has 5 nitrogen and oxygen atoms in total. The highest BCUT2D eigenvalue weighted by Gasteiger charge is 2.00. The number of thioether (sulfide) groups is 1. The second-order valence-electron chi connectivity index (χ2n) is 4.28. The maximum absolute atomic E-state index is 5.69. The molecule has 0 radical (unpaired) electrons. The first kappa shape index (κ1) is 14.9. The minimum Gasteiger partial charge on any atom is -0.492 e. The number of hydrogen-bond donors (Lipinski definition) is 1. The summed E-state index contributed by atoms with van der Waals surface area (Å²) >= 11 is 1.72. The normalized spacial score (nSPS) is 10.7. The van der Waals surface area contributed by atoms with Crippen LogP contribution in [0.25, 0.3) is 0 Å². The number of aromatic nitrogens is 3. The van der Waals surface area contributed by atoms with E-state index in [0.717, 1.165) is 24.5 Å². The molecule has 0 fully saturated rings. The van der Waals surface area contributed by atoms with Gasteiger partial charge in [-0.3, -0.25) is 0 Å². The van der Waals surface area contributed by atoms with Crippen LogP contribution in [0.2, 0.25) is 0 Å². The van der Waals surface area contributed by atoms with Crippen LogP contribution in [0.5, 0.6) is 5.75 Å². The Labute approximate surface area is 123 Å². The molecule has 2 rings (SSSR count). The Balaban J connectivity index is 1.75. The van der Waals surface area contributed by atoms with Crippen molar-refractivity contribution in [2.75, 3.05) is 19.4 Å². The van der Waals surface area contributed by atoms with Crippen molar-refractivity contribution in [2.45, 2.75) is 24.9 Å². The molecule has 20 heavy (non-hydrogen) atoms. The van der Waals surface area contributed by atoms with Crippen molar-refractivity contribution in [3.8, 4) is 5.75 Å². The third-order valence-electron chi connectivity index (χ3n) is 2.79. The lowest BCUT2D eigenvalue weighted by atomic mass is 10.3. The molecule has 0 unspecified atom stereocenters. The summed E-state index contributed by atoms with van der Waals surface area (Å²) in [5.74, 6) is 0.885. The van der Waals surface area contributed by atoms with Gasteiger partial charge in [0.1, 0.15) is 12.4 Å². The summed E-state index contributed by atoms with van der Waals surface area (Å²) < 4.78 is 7.49. The predicted molar refractivity (Wildman–Crippen MR) is 81.1 cm³/mol. The highest BCUT2D eigenvalue weighted by molar-refractivity contribution is 7.98. The van der Waals surface area contributed by atoms with Gasteiger partial charge in [0.05, 0.1) is 12.2 Å². The monoisotopic (exact) mass is 292 g/mol. The van der Waals surface area contributed by atoms with Crippen molar-refractivity contribution in [3.63, 3.8) is 0 Å². The van der Waals surface area contributed by atoms with Crippen LogP contribution in [0, 0.1) is 0 Å². The molecule has 6 heteroatoms. The maximum atomic E-state index is 5.69. The van der Waals surface area contributed by atoms with E-state index in [4.69, 9.17) is 4.74 Å². The molecule has 108 valence electrons. The van der Waals surface area contributed by atoms with Gasteiger partial charge < -0.3 is 10.1 Å². The van der Waals surface area contributed by atoms with Crippen LogP contribution in [0.15, 0.2) is 35.4 Å². The lowest BCUT2D eigenvalue weighted by molar-refractivity contribution is 0.289. The second kappa shape index (κ2) is 7.91. The quantitative estimate of drug-likeness (QED) is 0.756. The highest BCUT2D eigenvalue weighted by Crippen LogP contribution is 2.18. The predicted octanol–water partition coefficient (Wildman–Crippen LogP) is 2.19. The Morgan fingerprint density at radius 1 is 1.30 bits per heavy atom. The van der Waals surface area contributed by atoms with Crippen LogP contribution >= 0.6 is 11.8 Å². The van der Waals surface area contributed by atoms with E-state index < -0.39 is 0 Å². The minimum absolute atomic E-state index is 0.586. The molecule has 0 saturated heterocycles. The van der Waals surface area contributed by atoms with Crippen molar-refractivity contribution in [3.05, 3.63) is 36.2 Å². The fourth-order valence-corrected chi connectivity index (χ4v) is 2.12. The van der Waals surface area contributed by atoms with Crippen molar-refractivity contribution in [2.24, 2.45) is 0 Å².